The first-order valence-corrected chi connectivity index (χ1v) is 11.0. The Morgan fingerprint density at radius 2 is 2.03 bits per heavy atom. The third-order valence-electron chi connectivity index (χ3n) is 5.61. The van der Waals surface area contributed by atoms with Crippen molar-refractivity contribution >= 4 is 17.9 Å². The van der Waals surface area contributed by atoms with Crippen LogP contribution in [0.5, 0.6) is 5.75 Å². The lowest BCUT2D eigenvalue weighted by Gasteiger charge is -2.40. The molecule has 1 unspecified atom stereocenters. The molecule has 3 aliphatic rings. The Morgan fingerprint density at radius 1 is 1.27 bits per heavy atom. The lowest BCUT2D eigenvalue weighted by atomic mass is 10.0. The Hall–Kier alpha value is -2.07. The second-order valence-electron chi connectivity index (χ2n) is 7.44. The number of ether oxygens (including phenoxy) is 1. The zero-order valence-corrected chi connectivity index (χ0v) is 17.2. The van der Waals surface area contributed by atoms with Crippen LogP contribution in [0.4, 0.5) is 23.5 Å². The van der Waals surface area contributed by atoms with E-state index in [1.807, 2.05) is 18.4 Å². The molecule has 1 saturated heterocycles. The number of aromatic nitrogens is 2. The van der Waals surface area contributed by atoms with E-state index >= 15 is 0 Å². The van der Waals surface area contributed by atoms with E-state index in [1.165, 1.54) is 16.8 Å². The number of rotatable bonds is 3. The molecule has 5 nitrogen and oxygen atoms in total. The molecule has 0 bridgehead atoms. The van der Waals surface area contributed by atoms with Gasteiger partial charge in [-0.2, -0.15) is 8.78 Å². The summed E-state index contributed by atoms with van der Waals surface area (Å²) in [6.45, 7) is 0.930. The standard InChI is InChI=1S/C19H17F4N3O.CH5NS/c20-17(21)13-4-7-26(13)18-24-15(12-3-6-19(22,23)16(12)25-18)11-2-1-10-5-8-27-14(10)9-11;1-3-2/h1-2,9,13,17H,3-8H2;2H2,1H3. The number of nitrogens with zero attached hydrogens (tertiary/aromatic N) is 3. The first-order valence-electron chi connectivity index (χ1n) is 9.68. The van der Waals surface area contributed by atoms with Gasteiger partial charge < -0.3 is 9.64 Å². The molecule has 3 heterocycles. The van der Waals surface area contributed by atoms with Crippen molar-refractivity contribution in [3.8, 4) is 17.0 Å². The van der Waals surface area contributed by atoms with Crippen molar-refractivity contribution < 1.29 is 22.3 Å². The van der Waals surface area contributed by atoms with Gasteiger partial charge in [-0.15, -0.1) is 0 Å². The molecule has 2 aromatic rings. The van der Waals surface area contributed by atoms with Crippen molar-refractivity contribution in [3.05, 3.63) is 35.0 Å². The molecule has 10 heteroatoms. The van der Waals surface area contributed by atoms with Crippen LogP contribution in [0, 0.1) is 0 Å². The fraction of sp³-hybridized carbons (Fsp3) is 0.500. The molecule has 162 valence electrons. The molecule has 2 aliphatic heterocycles. The number of alkyl halides is 4. The van der Waals surface area contributed by atoms with Crippen molar-refractivity contribution in [1.29, 1.82) is 0 Å². The van der Waals surface area contributed by atoms with Crippen LogP contribution in [0.1, 0.15) is 29.7 Å². The predicted octanol–water partition coefficient (Wildman–Crippen LogP) is 4.18. The highest BCUT2D eigenvalue weighted by atomic mass is 32.2. The molecule has 0 radical (unpaired) electrons. The van der Waals surface area contributed by atoms with E-state index in [0.717, 1.165) is 17.7 Å². The van der Waals surface area contributed by atoms with Crippen molar-refractivity contribution in [3.63, 3.8) is 0 Å². The third kappa shape index (κ3) is 3.71. The van der Waals surface area contributed by atoms with Crippen LogP contribution in [0.25, 0.3) is 11.3 Å². The topological polar surface area (TPSA) is 64.3 Å². The second kappa shape index (κ2) is 8.22. The van der Waals surface area contributed by atoms with E-state index in [1.54, 1.807) is 6.07 Å². The van der Waals surface area contributed by atoms with E-state index in [4.69, 9.17) is 9.88 Å². The summed E-state index contributed by atoms with van der Waals surface area (Å²) in [5.74, 6) is -2.39. The Balaban J connectivity index is 0.000000687. The number of nitrogens with two attached hydrogens (primary N) is 1. The fourth-order valence-electron chi connectivity index (χ4n) is 4.01. The minimum Gasteiger partial charge on any atom is -0.493 e. The van der Waals surface area contributed by atoms with E-state index < -0.39 is 18.4 Å². The molecule has 30 heavy (non-hydrogen) atoms. The van der Waals surface area contributed by atoms with Gasteiger partial charge in [0, 0.05) is 30.5 Å². The predicted molar refractivity (Wildman–Crippen MR) is 108 cm³/mol. The van der Waals surface area contributed by atoms with Crippen molar-refractivity contribution in [2.45, 2.75) is 44.1 Å². The van der Waals surface area contributed by atoms with E-state index in [2.05, 4.69) is 9.97 Å². The van der Waals surface area contributed by atoms with Gasteiger partial charge in [-0.3, -0.25) is 5.14 Å². The van der Waals surface area contributed by atoms with Crippen LogP contribution in [0.3, 0.4) is 0 Å². The maximum atomic E-state index is 14.4. The van der Waals surface area contributed by atoms with E-state index in [0.29, 0.717) is 36.4 Å². The first-order chi connectivity index (χ1) is 14.4. The largest absolute Gasteiger partial charge is 0.493 e. The summed E-state index contributed by atoms with van der Waals surface area (Å²) in [6, 6.07) is 4.52. The van der Waals surface area contributed by atoms with Crippen LogP contribution in [-0.2, 0) is 18.8 Å². The SMILES string of the molecule is CSN.FC(F)C1CCN1c1nc(-c2ccc3c(c2)OCC3)c2c(n1)C(F)(F)CC2. The molecule has 0 amide bonds. The highest BCUT2D eigenvalue weighted by Crippen LogP contribution is 2.45. The Bertz CT molecular complexity index is 943. The summed E-state index contributed by atoms with van der Waals surface area (Å²) >= 11 is 1.25. The fourth-order valence-corrected chi connectivity index (χ4v) is 4.01. The molecule has 1 aliphatic carbocycles. The summed E-state index contributed by atoms with van der Waals surface area (Å²) in [4.78, 5) is 9.80. The molecule has 0 saturated carbocycles. The first kappa shape index (κ1) is 21.2. The number of hydrogen-bond acceptors (Lipinski definition) is 6. The summed E-state index contributed by atoms with van der Waals surface area (Å²) in [7, 11) is 0. The van der Waals surface area contributed by atoms with Gasteiger partial charge in [0.2, 0.25) is 5.95 Å². The van der Waals surface area contributed by atoms with Gasteiger partial charge in [-0.25, -0.2) is 18.7 Å². The average Bonchev–Trinajstić information content (AvgIpc) is 3.24. The van der Waals surface area contributed by atoms with Gasteiger partial charge in [0.25, 0.3) is 12.3 Å². The number of halogens is 4. The zero-order valence-electron chi connectivity index (χ0n) is 16.4. The third-order valence-corrected chi connectivity index (χ3v) is 5.61. The van der Waals surface area contributed by atoms with E-state index in [9.17, 15) is 17.6 Å². The van der Waals surface area contributed by atoms with Gasteiger partial charge >= 0.3 is 0 Å². The van der Waals surface area contributed by atoms with Crippen LogP contribution < -0.4 is 14.8 Å². The molecule has 5 rings (SSSR count). The Kier molecular flexibility index (Phi) is 5.80. The zero-order chi connectivity index (χ0) is 21.5. The summed E-state index contributed by atoms with van der Waals surface area (Å²) < 4.78 is 60.7. The molecule has 2 N–H and O–H groups in total. The lowest BCUT2D eigenvalue weighted by molar-refractivity contribution is -0.00600. The van der Waals surface area contributed by atoms with Gasteiger partial charge in [0.15, 0.2) is 0 Å². The normalized spacial score (nSPS) is 20.8. The highest BCUT2D eigenvalue weighted by Gasteiger charge is 2.45. The second-order valence-corrected chi connectivity index (χ2v) is 7.92. The summed E-state index contributed by atoms with van der Waals surface area (Å²) in [6.07, 6.45) is 0.190. The number of anilines is 1. The average molecular weight is 442 g/mol. The lowest BCUT2D eigenvalue weighted by Crippen LogP contribution is -2.53. The molecular formula is C20H22F4N4OS. The molecule has 1 aromatic heterocycles. The summed E-state index contributed by atoms with van der Waals surface area (Å²) in [5.41, 5.74) is 2.18. The monoisotopic (exact) mass is 442 g/mol. The maximum absolute atomic E-state index is 14.4. The molecule has 1 atom stereocenters. The number of fused-ring (bicyclic) bond motifs is 2. The van der Waals surface area contributed by atoms with Crippen LogP contribution in [0.15, 0.2) is 18.2 Å². The Morgan fingerprint density at radius 3 is 2.70 bits per heavy atom. The van der Waals surface area contributed by atoms with Crippen molar-refractivity contribution in [1.82, 2.24) is 9.97 Å². The van der Waals surface area contributed by atoms with Gasteiger partial charge in [0.1, 0.15) is 11.4 Å². The molecule has 0 spiro atoms. The minimum atomic E-state index is -3.07. The van der Waals surface area contributed by atoms with E-state index in [-0.39, 0.29) is 24.5 Å². The van der Waals surface area contributed by atoms with Gasteiger partial charge in [-0.05, 0) is 30.7 Å². The van der Waals surface area contributed by atoms with Gasteiger partial charge in [-0.1, -0.05) is 24.1 Å². The van der Waals surface area contributed by atoms with Gasteiger partial charge in [0.05, 0.1) is 18.3 Å². The molecular weight excluding hydrogens is 420 g/mol. The highest BCUT2D eigenvalue weighted by molar-refractivity contribution is 7.96. The number of hydrogen-bond donors (Lipinski definition) is 1. The Labute approximate surface area is 176 Å². The quantitative estimate of drug-likeness (QED) is 0.568. The number of benzene rings is 1. The van der Waals surface area contributed by atoms with Crippen LogP contribution in [-0.4, -0.2) is 41.8 Å². The smallest absolute Gasteiger partial charge is 0.290 e. The van der Waals surface area contributed by atoms with Crippen LogP contribution in [0.2, 0.25) is 0 Å². The van der Waals surface area contributed by atoms with Crippen molar-refractivity contribution in [2.75, 3.05) is 24.3 Å². The summed E-state index contributed by atoms with van der Waals surface area (Å²) in [5, 5.41) is 4.76. The molecule has 1 fully saturated rings. The molecule has 1 aromatic carbocycles. The minimum absolute atomic E-state index is 0.0386. The van der Waals surface area contributed by atoms with Crippen molar-refractivity contribution in [2.24, 2.45) is 5.14 Å². The van der Waals surface area contributed by atoms with Crippen LogP contribution >= 0.6 is 11.9 Å². The maximum Gasteiger partial charge on any atom is 0.290 e.